The molecule has 114 valence electrons. The van der Waals surface area contributed by atoms with Crippen molar-refractivity contribution in [1.82, 2.24) is 0 Å². The van der Waals surface area contributed by atoms with Crippen LogP contribution in [0, 0.1) is 11.8 Å². The smallest absolute Gasteiger partial charge is 0.180 e. The molecule has 0 bridgehead atoms. The molecule has 0 fully saturated rings. The third-order valence-corrected chi connectivity index (χ3v) is 5.16. The Labute approximate surface area is 124 Å². The number of sulfone groups is 1. The second kappa shape index (κ2) is 6.13. The Morgan fingerprint density at radius 1 is 1.30 bits per heavy atom. The number of carbonyl (C=O) groups is 1. The predicted octanol–water partition coefficient (Wildman–Crippen LogP) is 2.64. The number of hydrogen-bond donors (Lipinski definition) is 2. The fourth-order valence-electron chi connectivity index (χ4n) is 1.66. The van der Waals surface area contributed by atoms with E-state index in [0.717, 1.165) is 17.6 Å². The molecule has 0 radical (unpaired) electrons. The summed E-state index contributed by atoms with van der Waals surface area (Å²) in [6, 6.07) is 0. The van der Waals surface area contributed by atoms with Crippen molar-refractivity contribution in [3.8, 4) is 0 Å². The molecule has 0 amide bonds. The van der Waals surface area contributed by atoms with Crippen molar-refractivity contribution in [2.75, 3.05) is 23.9 Å². The normalized spacial score (nSPS) is 12.2. The summed E-state index contributed by atoms with van der Waals surface area (Å²) in [5.74, 6) is 0.00582. The van der Waals surface area contributed by atoms with Gasteiger partial charge in [-0.1, -0.05) is 27.7 Å². The van der Waals surface area contributed by atoms with E-state index in [0.29, 0.717) is 22.3 Å². The highest BCUT2D eigenvalue weighted by Crippen LogP contribution is 2.40. The Kier molecular flexibility index (Phi) is 5.21. The number of thiophene rings is 1. The molecule has 0 aliphatic heterocycles. The van der Waals surface area contributed by atoms with E-state index in [2.05, 4.69) is 5.32 Å². The summed E-state index contributed by atoms with van der Waals surface area (Å²) in [6.45, 7) is 8.19. The zero-order chi connectivity index (χ0) is 15.7. The molecule has 0 atom stereocenters. The van der Waals surface area contributed by atoms with Crippen LogP contribution in [0.25, 0.3) is 0 Å². The molecule has 7 heteroatoms. The zero-order valence-corrected chi connectivity index (χ0v) is 14.1. The summed E-state index contributed by atoms with van der Waals surface area (Å²) < 4.78 is 23.8. The quantitative estimate of drug-likeness (QED) is 0.787. The fourth-order valence-corrected chi connectivity index (χ4v) is 4.32. The topological polar surface area (TPSA) is 89.3 Å². The molecule has 3 N–H and O–H groups in total. The molecule has 0 aliphatic rings. The lowest BCUT2D eigenvalue weighted by Crippen LogP contribution is -2.11. The Bertz CT molecular complexity index is 601. The number of hydrogen-bond acceptors (Lipinski definition) is 6. The molecule has 1 aromatic heterocycles. The number of carbonyl (C=O) groups excluding carboxylic acids is 1. The number of rotatable bonds is 6. The first-order valence-corrected chi connectivity index (χ1v) is 9.16. The van der Waals surface area contributed by atoms with Crippen LogP contribution in [-0.2, 0) is 9.84 Å². The molecule has 1 aromatic rings. The van der Waals surface area contributed by atoms with Crippen LogP contribution in [0.5, 0.6) is 0 Å². The minimum atomic E-state index is -3.48. The SMILES string of the molecule is CC(C)CNc1sc(C(=O)C(C)C)c(N)c1S(C)(=O)=O. The maximum absolute atomic E-state index is 12.1. The molecule has 0 aliphatic carbocycles. The van der Waals surface area contributed by atoms with E-state index in [1.54, 1.807) is 13.8 Å². The number of ketones is 1. The number of nitrogens with two attached hydrogens (primary N) is 1. The molecule has 0 unspecified atom stereocenters. The van der Waals surface area contributed by atoms with Gasteiger partial charge in [0.25, 0.3) is 0 Å². The molecule has 1 rings (SSSR count). The van der Waals surface area contributed by atoms with Gasteiger partial charge in [0, 0.05) is 18.7 Å². The van der Waals surface area contributed by atoms with Crippen LogP contribution in [0.2, 0.25) is 0 Å². The van der Waals surface area contributed by atoms with Crippen LogP contribution in [-0.4, -0.2) is 27.0 Å². The van der Waals surface area contributed by atoms with E-state index in [1.165, 1.54) is 0 Å². The lowest BCUT2D eigenvalue weighted by Gasteiger charge is -2.08. The van der Waals surface area contributed by atoms with Gasteiger partial charge in [-0.2, -0.15) is 0 Å². The maximum Gasteiger partial charge on any atom is 0.180 e. The van der Waals surface area contributed by atoms with Crippen molar-refractivity contribution >= 4 is 37.6 Å². The monoisotopic (exact) mass is 318 g/mol. The van der Waals surface area contributed by atoms with Crippen LogP contribution in [0.1, 0.15) is 37.4 Å². The molecule has 0 saturated carbocycles. The van der Waals surface area contributed by atoms with Gasteiger partial charge in [-0.05, 0) is 5.92 Å². The Balaban J connectivity index is 3.36. The standard InChI is InChI=1S/C13H22N2O3S2/c1-7(2)6-15-13-12(20(5,17)18)9(14)11(19-13)10(16)8(3)4/h7-8,15H,6,14H2,1-5H3. The van der Waals surface area contributed by atoms with E-state index in [-0.39, 0.29) is 22.3 Å². The van der Waals surface area contributed by atoms with Gasteiger partial charge in [0.1, 0.15) is 9.90 Å². The van der Waals surface area contributed by atoms with E-state index in [9.17, 15) is 13.2 Å². The van der Waals surface area contributed by atoms with E-state index in [1.807, 2.05) is 13.8 Å². The van der Waals surface area contributed by atoms with Gasteiger partial charge in [-0.25, -0.2) is 8.42 Å². The Hall–Kier alpha value is -1.08. The summed E-state index contributed by atoms with van der Waals surface area (Å²) in [4.78, 5) is 12.5. The lowest BCUT2D eigenvalue weighted by molar-refractivity contribution is 0.0944. The summed E-state index contributed by atoms with van der Waals surface area (Å²) in [7, 11) is -3.48. The van der Waals surface area contributed by atoms with Gasteiger partial charge in [-0.3, -0.25) is 4.79 Å². The van der Waals surface area contributed by atoms with Crippen molar-refractivity contribution in [2.45, 2.75) is 32.6 Å². The highest BCUT2D eigenvalue weighted by Gasteiger charge is 2.27. The summed E-state index contributed by atoms with van der Waals surface area (Å²) >= 11 is 1.13. The first-order valence-electron chi connectivity index (χ1n) is 6.46. The summed E-state index contributed by atoms with van der Waals surface area (Å²) in [5, 5.41) is 3.54. The largest absolute Gasteiger partial charge is 0.396 e. The molecular weight excluding hydrogens is 296 g/mol. The number of nitrogen functional groups attached to an aromatic ring is 1. The number of nitrogens with one attached hydrogen (secondary N) is 1. The van der Waals surface area contributed by atoms with Gasteiger partial charge in [0.05, 0.1) is 10.6 Å². The molecule has 0 aromatic carbocycles. The third-order valence-electron chi connectivity index (χ3n) is 2.69. The molecule has 0 spiro atoms. The van der Waals surface area contributed by atoms with Crippen molar-refractivity contribution < 1.29 is 13.2 Å². The predicted molar refractivity (Wildman–Crippen MR) is 84.3 cm³/mol. The molecule has 5 nitrogen and oxygen atoms in total. The third kappa shape index (κ3) is 3.73. The Morgan fingerprint density at radius 2 is 1.85 bits per heavy atom. The first kappa shape index (κ1) is 17.0. The van der Waals surface area contributed by atoms with Crippen LogP contribution in [0.15, 0.2) is 4.90 Å². The highest BCUT2D eigenvalue weighted by molar-refractivity contribution is 7.91. The maximum atomic E-state index is 12.1. The van der Waals surface area contributed by atoms with E-state index < -0.39 is 9.84 Å². The molecule has 20 heavy (non-hydrogen) atoms. The van der Waals surface area contributed by atoms with Crippen LogP contribution in [0.3, 0.4) is 0 Å². The minimum absolute atomic E-state index is 0.0483. The first-order chi connectivity index (χ1) is 9.05. The Morgan fingerprint density at radius 3 is 2.25 bits per heavy atom. The summed E-state index contributed by atoms with van der Waals surface area (Å²) in [6.07, 6.45) is 1.11. The van der Waals surface area contributed by atoms with Gasteiger partial charge in [0.15, 0.2) is 15.6 Å². The molecule has 1 heterocycles. The van der Waals surface area contributed by atoms with Crippen LogP contribution >= 0.6 is 11.3 Å². The lowest BCUT2D eigenvalue weighted by atomic mass is 10.1. The number of anilines is 2. The zero-order valence-electron chi connectivity index (χ0n) is 12.5. The van der Waals surface area contributed by atoms with E-state index in [4.69, 9.17) is 5.73 Å². The molecule has 0 saturated heterocycles. The van der Waals surface area contributed by atoms with Gasteiger partial charge in [-0.15, -0.1) is 11.3 Å². The van der Waals surface area contributed by atoms with Crippen LogP contribution in [0.4, 0.5) is 10.7 Å². The van der Waals surface area contributed by atoms with Gasteiger partial charge in [0.2, 0.25) is 0 Å². The second-order valence-corrected chi connectivity index (χ2v) is 8.54. The average molecular weight is 318 g/mol. The highest BCUT2D eigenvalue weighted by atomic mass is 32.2. The molecular formula is C13H22N2O3S2. The second-order valence-electron chi connectivity index (χ2n) is 5.57. The minimum Gasteiger partial charge on any atom is -0.396 e. The summed E-state index contributed by atoms with van der Waals surface area (Å²) in [5.41, 5.74) is 5.98. The number of Topliss-reactive ketones (excluding diaryl/α,β-unsaturated/α-hetero) is 1. The fraction of sp³-hybridized carbons (Fsp3) is 0.615. The van der Waals surface area contributed by atoms with Crippen LogP contribution < -0.4 is 11.1 Å². The van der Waals surface area contributed by atoms with Crippen molar-refractivity contribution in [2.24, 2.45) is 11.8 Å². The van der Waals surface area contributed by atoms with Crippen molar-refractivity contribution in [3.63, 3.8) is 0 Å². The van der Waals surface area contributed by atoms with Crippen molar-refractivity contribution in [3.05, 3.63) is 4.88 Å². The van der Waals surface area contributed by atoms with Gasteiger partial charge >= 0.3 is 0 Å². The average Bonchev–Trinajstić information content (AvgIpc) is 2.62. The van der Waals surface area contributed by atoms with Crippen molar-refractivity contribution in [1.29, 1.82) is 0 Å². The van der Waals surface area contributed by atoms with Gasteiger partial charge < -0.3 is 11.1 Å². The van der Waals surface area contributed by atoms with E-state index >= 15 is 0 Å².